The molecule has 0 spiro atoms. The van der Waals surface area contributed by atoms with Crippen molar-refractivity contribution in [2.75, 3.05) is 19.6 Å². The van der Waals surface area contributed by atoms with Gasteiger partial charge in [0.1, 0.15) is 0 Å². The van der Waals surface area contributed by atoms with Gasteiger partial charge in [-0.3, -0.25) is 9.89 Å². The van der Waals surface area contributed by atoms with Crippen LogP contribution in [-0.2, 0) is 13.1 Å². The molecule has 1 aromatic heterocycles. The van der Waals surface area contributed by atoms with Gasteiger partial charge in [0.05, 0.1) is 12.9 Å². The number of benzene rings is 1. The van der Waals surface area contributed by atoms with Crippen LogP contribution in [0.3, 0.4) is 0 Å². The number of hydrogen-bond acceptors (Lipinski definition) is 3. The van der Waals surface area contributed by atoms with Gasteiger partial charge in [-0.05, 0) is 32.3 Å². The van der Waals surface area contributed by atoms with Crippen molar-refractivity contribution in [1.29, 1.82) is 0 Å². The molecule has 1 aliphatic rings. The highest BCUT2D eigenvalue weighted by atomic mass is 15.2. The first-order valence-electron chi connectivity index (χ1n) is 10.0. The zero-order chi connectivity index (χ0) is 18.9. The third-order valence-electron chi connectivity index (χ3n) is 5.11. The molecule has 2 heterocycles. The molecule has 27 heavy (non-hydrogen) atoms. The zero-order valence-corrected chi connectivity index (χ0v) is 16.5. The highest BCUT2D eigenvalue weighted by Crippen LogP contribution is 2.19. The van der Waals surface area contributed by atoms with E-state index in [0.717, 1.165) is 51.5 Å². The molecule has 0 amide bonds. The number of guanidine groups is 1. The molecule has 0 radical (unpaired) electrons. The molecule has 6 heteroatoms. The van der Waals surface area contributed by atoms with Crippen LogP contribution in [0.4, 0.5) is 0 Å². The molecule has 2 atom stereocenters. The van der Waals surface area contributed by atoms with E-state index < -0.39 is 0 Å². The van der Waals surface area contributed by atoms with E-state index in [9.17, 15) is 0 Å². The summed E-state index contributed by atoms with van der Waals surface area (Å²) in [7, 11) is 0. The third-order valence-corrected chi connectivity index (χ3v) is 5.11. The molecule has 1 saturated heterocycles. The van der Waals surface area contributed by atoms with Crippen LogP contribution < -0.4 is 10.6 Å². The summed E-state index contributed by atoms with van der Waals surface area (Å²) in [6.45, 7) is 9.06. The number of nitrogens with zero attached hydrogens (tertiary/aromatic N) is 4. The Morgan fingerprint density at radius 3 is 2.85 bits per heavy atom. The van der Waals surface area contributed by atoms with Gasteiger partial charge in [-0.2, -0.15) is 0 Å². The Balaban J connectivity index is 1.48. The number of hydrogen-bond donors (Lipinski definition) is 2. The van der Waals surface area contributed by atoms with Gasteiger partial charge in [-0.1, -0.05) is 30.3 Å². The molecule has 2 unspecified atom stereocenters. The van der Waals surface area contributed by atoms with Crippen molar-refractivity contribution in [3.8, 4) is 0 Å². The standard InChI is InChI=1S/C21H32N6/c1-3-23-21(24-11-14-26-13-10-22-17-26)25-20-9-12-27(18(2)15-20)16-19-7-5-4-6-8-19/h4-8,10,13,17-18,20H,3,9,11-12,14-16H2,1-2H3,(H2,23,24,25). The number of imidazole rings is 1. The van der Waals surface area contributed by atoms with Crippen molar-refractivity contribution in [3.05, 3.63) is 54.6 Å². The minimum Gasteiger partial charge on any atom is -0.357 e. The van der Waals surface area contributed by atoms with Crippen molar-refractivity contribution in [2.45, 2.75) is 51.9 Å². The maximum atomic E-state index is 4.73. The van der Waals surface area contributed by atoms with E-state index >= 15 is 0 Å². The third kappa shape index (κ3) is 6.10. The average molecular weight is 369 g/mol. The molecule has 1 aromatic carbocycles. The van der Waals surface area contributed by atoms with Gasteiger partial charge in [0.25, 0.3) is 0 Å². The van der Waals surface area contributed by atoms with E-state index in [1.54, 1.807) is 6.20 Å². The smallest absolute Gasteiger partial charge is 0.191 e. The number of rotatable bonds is 7. The Morgan fingerprint density at radius 2 is 2.15 bits per heavy atom. The largest absolute Gasteiger partial charge is 0.357 e. The molecule has 0 bridgehead atoms. The van der Waals surface area contributed by atoms with Crippen LogP contribution in [0.1, 0.15) is 32.3 Å². The Bertz CT molecular complexity index is 682. The molecule has 6 nitrogen and oxygen atoms in total. The average Bonchev–Trinajstić information content (AvgIpc) is 3.18. The fourth-order valence-corrected chi connectivity index (χ4v) is 3.61. The zero-order valence-electron chi connectivity index (χ0n) is 16.5. The molecule has 0 saturated carbocycles. The lowest BCUT2D eigenvalue weighted by atomic mass is 9.97. The Kier molecular flexibility index (Phi) is 7.27. The summed E-state index contributed by atoms with van der Waals surface area (Å²) in [5, 5.41) is 7.02. The van der Waals surface area contributed by atoms with Gasteiger partial charge in [-0.15, -0.1) is 0 Å². The van der Waals surface area contributed by atoms with Crippen molar-refractivity contribution in [1.82, 2.24) is 25.1 Å². The van der Waals surface area contributed by atoms with Crippen LogP contribution in [0, 0.1) is 0 Å². The predicted molar refractivity (Wildman–Crippen MR) is 111 cm³/mol. The molecule has 2 N–H and O–H groups in total. The van der Waals surface area contributed by atoms with Crippen molar-refractivity contribution in [3.63, 3.8) is 0 Å². The molecule has 0 aliphatic carbocycles. The molecular formula is C21H32N6. The van der Waals surface area contributed by atoms with E-state index in [2.05, 4.69) is 69.3 Å². The maximum Gasteiger partial charge on any atom is 0.191 e. The van der Waals surface area contributed by atoms with Crippen molar-refractivity contribution in [2.24, 2.45) is 4.99 Å². The normalized spacial score (nSPS) is 21.2. The second-order valence-electron chi connectivity index (χ2n) is 7.23. The number of piperidine rings is 1. The fourth-order valence-electron chi connectivity index (χ4n) is 3.61. The Labute approximate surface area is 162 Å². The van der Waals surface area contributed by atoms with Gasteiger partial charge < -0.3 is 15.2 Å². The molecular weight excluding hydrogens is 336 g/mol. The highest BCUT2D eigenvalue weighted by molar-refractivity contribution is 5.80. The number of likely N-dealkylation sites (tertiary alicyclic amines) is 1. The SMILES string of the molecule is CCNC(=NCCn1ccnc1)NC1CCN(Cc2ccccc2)C(C)C1. The molecule has 146 valence electrons. The van der Waals surface area contributed by atoms with E-state index in [1.165, 1.54) is 5.56 Å². The van der Waals surface area contributed by atoms with Gasteiger partial charge in [-0.25, -0.2) is 4.98 Å². The fraction of sp³-hybridized carbons (Fsp3) is 0.524. The molecule has 2 aromatic rings. The number of aromatic nitrogens is 2. The highest BCUT2D eigenvalue weighted by Gasteiger charge is 2.25. The van der Waals surface area contributed by atoms with Crippen LogP contribution in [-0.4, -0.2) is 52.1 Å². The summed E-state index contributed by atoms with van der Waals surface area (Å²) in [5.74, 6) is 0.923. The van der Waals surface area contributed by atoms with Crippen molar-refractivity contribution < 1.29 is 0 Å². The topological polar surface area (TPSA) is 57.5 Å². The van der Waals surface area contributed by atoms with E-state index in [0.29, 0.717) is 12.1 Å². The summed E-state index contributed by atoms with van der Waals surface area (Å²) in [4.78, 5) is 11.4. The van der Waals surface area contributed by atoms with E-state index in [4.69, 9.17) is 4.99 Å². The first-order valence-corrected chi connectivity index (χ1v) is 10.0. The summed E-state index contributed by atoms with van der Waals surface area (Å²) in [6, 6.07) is 11.8. The van der Waals surface area contributed by atoms with Crippen LogP contribution >= 0.6 is 0 Å². The molecule has 1 fully saturated rings. The quantitative estimate of drug-likeness (QED) is 0.582. The second-order valence-corrected chi connectivity index (χ2v) is 7.23. The minimum atomic E-state index is 0.470. The summed E-state index contributed by atoms with van der Waals surface area (Å²) >= 11 is 0. The Morgan fingerprint density at radius 1 is 1.30 bits per heavy atom. The van der Waals surface area contributed by atoms with Gasteiger partial charge in [0.15, 0.2) is 5.96 Å². The number of aliphatic imine (C=N–C) groups is 1. The van der Waals surface area contributed by atoms with Crippen molar-refractivity contribution >= 4 is 5.96 Å². The summed E-state index contributed by atoms with van der Waals surface area (Å²) in [5.41, 5.74) is 1.39. The van der Waals surface area contributed by atoms with E-state index in [1.807, 2.05) is 12.5 Å². The Hall–Kier alpha value is -2.34. The lowest BCUT2D eigenvalue weighted by molar-refractivity contribution is 0.134. The molecule has 3 rings (SSSR count). The lowest BCUT2D eigenvalue weighted by Gasteiger charge is -2.38. The minimum absolute atomic E-state index is 0.470. The predicted octanol–water partition coefficient (Wildman–Crippen LogP) is 2.49. The first kappa shape index (κ1) is 19.4. The number of nitrogens with one attached hydrogen (secondary N) is 2. The van der Waals surface area contributed by atoms with Crippen LogP contribution in [0.25, 0.3) is 0 Å². The first-order chi connectivity index (χ1) is 13.2. The maximum absolute atomic E-state index is 4.73. The second kappa shape index (κ2) is 10.1. The molecule has 1 aliphatic heterocycles. The lowest BCUT2D eigenvalue weighted by Crippen LogP contribution is -2.51. The van der Waals surface area contributed by atoms with Crippen LogP contribution in [0.2, 0.25) is 0 Å². The monoisotopic (exact) mass is 368 g/mol. The summed E-state index contributed by atoms with van der Waals surface area (Å²) in [6.07, 6.45) is 7.89. The van der Waals surface area contributed by atoms with Crippen LogP contribution in [0.5, 0.6) is 0 Å². The van der Waals surface area contributed by atoms with E-state index in [-0.39, 0.29) is 0 Å². The summed E-state index contributed by atoms with van der Waals surface area (Å²) < 4.78 is 2.05. The van der Waals surface area contributed by atoms with Gasteiger partial charge in [0, 0.05) is 50.7 Å². The van der Waals surface area contributed by atoms with Gasteiger partial charge in [0.2, 0.25) is 0 Å². The van der Waals surface area contributed by atoms with Crippen LogP contribution in [0.15, 0.2) is 54.0 Å². The van der Waals surface area contributed by atoms with Gasteiger partial charge >= 0.3 is 0 Å².